The van der Waals surface area contributed by atoms with Gasteiger partial charge in [0.15, 0.2) is 0 Å². The molecule has 0 saturated heterocycles. The Morgan fingerprint density at radius 1 is 1.20 bits per heavy atom. The molecule has 1 aromatic carbocycles. The van der Waals surface area contributed by atoms with E-state index in [4.69, 9.17) is 27.8 Å². The minimum Gasteiger partial charge on any atom is -0.493 e. The largest absolute Gasteiger partial charge is 0.493 e. The van der Waals surface area contributed by atoms with Gasteiger partial charge in [-0.25, -0.2) is 0 Å². The van der Waals surface area contributed by atoms with Crippen LogP contribution in [0.4, 0.5) is 5.69 Å². The fourth-order valence-electron chi connectivity index (χ4n) is 0.941. The van der Waals surface area contributed by atoms with Gasteiger partial charge >= 0.3 is 0 Å². The van der Waals surface area contributed by atoms with Gasteiger partial charge in [-0.15, -0.1) is 24.8 Å². The molecule has 0 aromatic heterocycles. The highest BCUT2D eigenvalue weighted by atomic mass is 35.5. The van der Waals surface area contributed by atoms with Gasteiger partial charge in [-0.2, -0.15) is 0 Å². The minimum atomic E-state index is 0. The molecule has 0 unspecified atom stereocenters. The maximum Gasteiger partial charge on any atom is 0.122 e. The van der Waals surface area contributed by atoms with Gasteiger partial charge in [-0.05, 0) is 25.1 Å². The van der Waals surface area contributed by atoms with Crippen LogP contribution < -0.4 is 16.2 Å². The first-order valence-corrected chi connectivity index (χ1v) is 4.49. The molecule has 0 bridgehead atoms. The summed E-state index contributed by atoms with van der Waals surface area (Å²) in [5, 5.41) is 0.586. The minimum absolute atomic E-state index is 0. The molecule has 0 spiro atoms. The Morgan fingerprint density at radius 2 is 1.87 bits per heavy atom. The van der Waals surface area contributed by atoms with Gasteiger partial charge < -0.3 is 16.2 Å². The quantitative estimate of drug-likeness (QED) is 0.654. The SMILES string of the molecule is Cl.Cl.NCCCOc1cc(N)cc(Cl)c1. The van der Waals surface area contributed by atoms with E-state index in [1.807, 2.05) is 0 Å². The molecular weight excluding hydrogens is 258 g/mol. The Morgan fingerprint density at radius 3 is 2.40 bits per heavy atom. The fraction of sp³-hybridized carbons (Fsp3) is 0.333. The second-order valence-electron chi connectivity index (χ2n) is 2.71. The van der Waals surface area contributed by atoms with Gasteiger partial charge in [-0.3, -0.25) is 0 Å². The van der Waals surface area contributed by atoms with Gasteiger partial charge in [0.05, 0.1) is 6.61 Å². The highest BCUT2D eigenvalue weighted by molar-refractivity contribution is 6.31. The highest BCUT2D eigenvalue weighted by Gasteiger charge is 1.97. The fourth-order valence-corrected chi connectivity index (χ4v) is 1.17. The summed E-state index contributed by atoms with van der Waals surface area (Å²) in [6, 6.07) is 5.15. The number of benzene rings is 1. The number of ether oxygens (including phenoxy) is 1. The van der Waals surface area contributed by atoms with Crippen molar-refractivity contribution in [2.45, 2.75) is 6.42 Å². The van der Waals surface area contributed by atoms with Crippen LogP contribution in [-0.2, 0) is 0 Å². The normalized spacial score (nSPS) is 8.67. The van der Waals surface area contributed by atoms with Crippen molar-refractivity contribution in [1.29, 1.82) is 0 Å². The zero-order valence-corrected chi connectivity index (χ0v) is 10.5. The average molecular weight is 274 g/mol. The molecule has 1 rings (SSSR count). The van der Waals surface area contributed by atoms with Gasteiger partial charge in [0.1, 0.15) is 5.75 Å². The molecule has 0 saturated carbocycles. The van der Waals surface area contributed by atoms with E-state index in [0.29, 0.717) is 29.6 Å². The lowest BCUT2D eigenvalue weighted by molar-refractivity contribution is 0.313. The zero-order chi connectivity index (χ0) is 9.68. The van der Waals surface area contributed by atoms with Crippen molar-refractivity contribution < 1.29 is 4.74 Å². The maximum absolute atomic E-state index is 5.78. The summed E-state index contributed by atoms with van der Waals surface area (Å²) >= 11 is 5.78. The predicted molar refractivity (Wildman–Crippen MR) is 69.5 cm³/mol. The van der Waals surface area contributed by atoms with E-state index >= 15 is 0 Å². The molecule has 4 N–H and O–H groups in total. The summed E-state index contributed by atoms with van der Waals surface area (Å²) in [7, 11) is 0. The molecule has 0 amide bonds. The summed E-state index contributed by atoms with van der Waals surface area (Å²) in [4.78, 5) is 0. The van der Waals surface area contributed by atoms with E-state index in [0.717, 1.165) is 6.42 Å². The van der Waals surface area contributed by atoms with Gasteiger partial charge in [0.25, 0.3) is 0 Å². The lowest BCUT2D eigenvalue weighted by atomic mass is 10.3. The van der Waals surface area contributed by atoms with Crippen LogP contribution in [0.1, 0.15) is 6.42 Å². The van der Waals surface area contributed by atoms with Gasteiger partial charge in [0.2, 0.25) is 0 Å². The Bertz CT molecular complexity index is 264. The zero-order valence-electron chi connectivity index (χ0n) is 8.11. The van der Waals surface area contributed by atoms with Crippen molar-refractivity contribution in [2.75, 3.05) is 18.9 Å². The predicted octanol–water partition coefficient (Wildman–Crippen LogP) is 2.49. The van der Waals surface area contributed by atoms with Gasteiger partial charge in [0, 0.05) is 16.8 Å². The van der Waals surface area contributed by atoms with E-state index in [1.54, 1.807) is 18.2 Å². The van der Waals surface area contributed by atoms with Crippen molar-refractivity contribution >= 4 is 42.1 Å². The molecule has 0 atom stereocenters. The summed E-state index contributed by atoms with van der Waals surface area (Å²) < 4.78 is 5.36. The van der Waals surface area contributed by atoms with Crippen LogP contribution in [0, 0.1) is 0 Å². The first kappa shape index (κ1) is 17.1. The molecule has 0 aliphatic carbocycles. The number of nitrogen functional groups attached to an aromatic ring is 1. The third kappa shape index (κ3) is 6.68. The molecule has 15 heavy (non-hydrogen) atoms. The molecule has 1 aromatic rings. The van der Waals surface area contributed by atoms with Crippen molar-refractivity contribution in [3.63, 3.8) is 0 Å². The van der Waals surface area contributed by atoms with E-state index in [1.165, 1.54) is 0 Å². The lowest BCUT2D eigenvalue weighted by Gasteiger charge is -2.06. The molecule has 3 nitrogen and oxygen atoms in total. The Kier molecular flexibility index (Phi) is 10.1. The van der Waals surface area contributed by atoms with Crippen LogP contribution in [0.3, 0.4) is 0 Å². The summed E-state index contributed by atoms with van der Waals surface area (Å²) in [5.74, 6) is 0.693. The van der Waals surface area contributed by atoms with Crippen LogP contribution in [0.25, 0.3) is 0 Å². The topological polar surface area (TPSA) is 61.3 Å². The van der Waals surface area contributed by atoms with E-state index in [9.17, 15) is 0 Å². The van der Waals surface area contributed by atoms with Crippen LogP contribution >= 0.6 is 36.4 Å². The molecule has 0 fully saturated rings. The summed E-state index contributed by atoms with van der Waals surface area (Å²) in [6.45, 7) is 1.21. The Balaban J connectivity index is 0. The van der Waals surface area contributed by atoms with E-state index in [2.05, 4.69) is 0 Å². The second-order valence-corrected chi connectivity index (χ2v) is 3.15. The first-order chi connectivity index (χ1) is 6.22. The highest BCUT2D eigenvalue weighted by Crippen LogP contribution is 2.22. The smallest absolute Gasteiger partial charge is 0.122 e. The van der Waals surface area contributed by atoms with Gasteiger partial charge in [-0.1, -0.05) is 11.6 Å². The third-order valence-electron chi connectivity index (χ3n) is 1.51. The van der Waals surface area contributed by atoms with Crippen LogP contribution in [-0.4, -0.2) is 13.2 Å². The number of hydrogen-bond donors (Lipinski definition) is 2. The first-order valence-electron chi connectivity index (χ1n) is 4.11. The molecule has 0 heterocycles. The van der Waals surface area contributed by atoms with Crippen LogP contribution in [0.15, 0.2) is 18.2 Å². The number of halogens is 3. The standard InChI is InChI=1S/C9H13ClN2O.2ClH/c10-7-4-8(12)6-9(5-7)13-3-1-2-11;;/h4-6H,1-3,11-12H2;2*1H. The summed E-state index contributed by atoms with van der Waals surface area (Å²) in [5.41, 5.74) is 11.5. The van der Waals surface area contributed by atoms with E-state index < -0.39 is 0 Å². The Hall–Kier alpha value is -0.350. The maximum atomic E-state index is 5.78. The van der Waals surface area contributed by atoms with Crippen LogP contribution in [0.2, 0.25) is 5.02 Å². The summed E-state index contributed by atoms with van der Waals surface area (Å²) in [6.07, 6.45) is 0.826. The van der Waals surface area contributed by atoms with Crippen molar-refractivity contribution in [3.8, 4) is 5.75 Å². The molecular formula is C9H15Cl3N2O. The second kappa shape index (κ2) is 8.92. The van der Waals surface area contributed by atoms with Crippen LogP contribution in [0.5, 0.6) is 5.75 Å². The third-order valence-corrected chi connectivity index (χ3v) is 1.73. The lowest BCUT2D eigenvalue weighted by Crippen LogP contribution is -2.06. The van der Waals surface area contributed by atoms with E-state index in [-0.39, 0.29) is 24.8 Å². The van der Waals surface area contributed by atoms with Crippen molar-refractivity contribution in [2.24, 2.45) is 5.73 Å². The average Bonchev–Trinajstić information content (AvgIpc) is 2.03. The Labute approximate surface area is 107 Å². The number of anilines is 1. The molecule has 6 heteroatoms. The van der Waals surface area contributed by atoms with Crippen molar-refractivity contribution in [1.82, 2.24) is 0 Å². The number of rotatable bonds is 4. The number of hydrogen-bond acceptors (Lipinski definition) is 3. The monoisotopic (exact) mass is 272 g/mol. The molecule has 0 aliphatic rings. The van der Waals surface area contributed by atoms with Crippen molar-refractivity contribution in [3.05, 3.63) is 23.2 Å². The molecule has 0 radical (unpaired) electrons. The number of nitrogens with two attached hydrogens (primary N) is 2. The molecule has 88 valence electrons. The molecule has 0 aliphatic heterocycles.